The number of carbonyl (C=O) groups is 2. The maximum atomic E-state index is 12.7. The Kier molecular flexibility index (Phi) is 6.97. The van der Waals surface area contributed by atoms with Crippen molar-refractivity contribution in [1.29, 1.82) is 0 Å². The third-order valence-corrected chi connectivity index (χ3v) is 6.11. The van der Waals surface area contributed by atoms with Gasteiger partial charge < -0.3 is 14.6 Å². The zero-order valence-electron chi connectivity index (χ0n) is 19.7. The maximum Gasteiger partial charge on any atom is 0.255 e. The van der Waals surface area contributed by atoms with Crippen molar-refractivity contribution in [3.8, 4) is 11.3 Å². The summed E-state index contributed by atoms with van der Waals surface area (Å²) in [7, 11) is 0. The van der Waals surface area contributed by atoms with E-state index in [4.69, 9.17) is 4.42 Å². The Bertz CT molecular complexity index is 1130. The molecule has 0 unspecified atom stereocenters. The van der Waals surface area contributed by atoms with Crippen molar-refractivity contribution in [3.05, 3.63) is 77.0 Å². The van der Waals surface area contributed by atoms with Gasteiger partial charge in [0.05, 0.1) is 0 Å². The molecule has 0 atom stereocenters. The minimum atomic E-state index is -0.129. The van der Waals surface area contributed by atoms with Crippen molar-refractivity contribution < 1.29 is 14.0 Å². The first-order valence-electron chi connectivity index (χ1n) is 11.9. The van der Waals surface area contributed by atoms with Gasteiger partial charge in [0.15, 0.2) is 0 Å². The highest BCUT2D eigenvalue weighted by atomic mass is 16.3. The second-order valence-electron chi connectivity index (χ2n) is 9.06. The third-order valence-electron chi connectivity index (χ3n) is 6.11. The van der Waals surface area contributed by atoms with Crippen LogP contribution in [0.5, 0.6) is 0 Å². The molecule has 1 aromatic heterocycles. The Morgan fingerprint density at radius 3 is 2.61 bits per heavy atom. The van der Waals surface area contributed by atoms with Gasteiger partial charge in [-0.25, -0.2) is 0 Å². The van der Waals surface area contributed by atoms with Crippen molar-refractivity contribution in [2.45, 2.75) is 53.0 Å². The Labute approximate surface area is 195 Å². The molecule has 0 aliphatic carbocycles. The number of furan rings is 1. The van der Waals surface area contributed by atoms with E-state index in [1.54, 1.807) is 0 Å². The molecule has 1 aliphatic rings. The number of unbranched alkanes of at least 4 members (excludes halogenated alkanes) is 1. The van der Waals surface area contributed by atoms with Gasteiger partial charge >= 0.3 is 0 Å². The highest BCUT2D eigenvalue weighted by Crippen LogP contribution is 2.31. The van der Waals surface area contributed by atoms with Gasteiger partial charge in [0, 0.05) is 47.8 Å². The lowest BCUT2D eigenvalue weighted by Crippen LogP contribution is -2.37. The third kappa shape index (κ3) is 5.36. The second-order valence-corrected chi connectivity index (χ2v) is 9.06. The molecule has 0 fully saturated rings. The monoisotopic (exact) mass is 444 g/mol. The standard InChI is InChI=1S/C28H32N2O3/c1-4-5-7-20-10-12-21(13-11-20)27(31)29-24-9-6-8-22(16-24)26-17-23-18-30(28(32)19(2)3)15-14-25(23)33-26/h6,8-13,16-17,19H,4-5,7,14-15,18H2,1-3H3,(H,29,31). The van der Waals surface area contributed by atoms with E-state index in [-0.39, 0.29) is 17.7 Å². The summed E-state index contributed by atoms with van der Waals surface area (Å²) >= 11 is 0. The number of nitrogens with one attached hydrogen (secondary N) is 1. The van der Waals surface area contributed by atoms with Crippen LogP contribution in [0.25, 0.3) is 11.3 Å². The molecule has 2 aromatic carbocycles. The first kappa shape index (κ1) is 22.8. The van der Waals surface area contributed by atoms with Crippen molar-refractivity contribution in [2.24, 2.45) is 5.92 Å². The van der Waals surface area contributed by atoms with Gasteiger partial charge in [0.2, 0.25) is 5.91 Å². The van der Waals surface area contributed by atoms with Crippen LogP contribution in [0.3, 0.4) is 0 Å². The lowest BCUT2D eigenvalue weighted by atomic mass is 10.1. The smallest absolute Gasteiger partial charge is 0.255 e. The van der Waals surface area contributed by atoms with Crippen LogP contribution in [0.2, 0.25) is 0 Å². The summed E-state index contributed by atoms with van der Waals surface area (Å²) < 4.78 is 6.12. The number of carbonyl (C=O) groups excluding carboxylic acids is 2. The molecular weight excluding hydrogens is 412 g/mol. The Hall–Kier alpha value is -3.34. The van der Waals surface area contributed by atoms with Crippen LogP contribution in [-0.4, -0.2) is 23.3 Å². The molecule has 0 radical (unpaired) electrons. The molecule has 5 heteroatoms. The van der Waals surface area contributed by atoms with Gasteiger partial charge in [-0.05, 0) is 48.7 Å². The van der Waals surface area contributed by atoms with Gasteiger partial charge in [0.1, 0.15) is 11.5 Å². The Morgan fingerprint density at radius 1 is 1.09 bits per heavy atom. The first-order chi connectivity index (χ1) is 15.9. The number of anilines is 1. The zero-order chi connectivity index (χ0) is 23.4. The Balaban J connectivity index is 1.45. The predicted molar refractivity (Wildman–Crippen MR) is 131 cm³/mol. The van der Waals surface area contributed by atoms with Crippen LogP contribution in [0.4, 0.5) is 5.69 Å². The number of amides is 2. The normalized spacial score (nSPS) is 13.2. The second kappa shape index (κ2) is 10.1. The predicted octanol–water partition coefficient (Wildman–Crippen LogP) is 6.08. The zero-order valence-corrected chi connectivity index (χ0v) is 19.7. The van der Waals surface area contributed by atoms with Gasteiger partial charge in [-0.2, -0.15) is 0 Å². The number of aryl methyl sites for hydroxylation is 1. The van der Waals surface area contributed by atoms with Crippen LogP contribution < -0.4 is 5.32 Å². The molecule has 0 saturated carbocycles. The van der Waals surface area contributed by atoms with E-state index in [1.165, 1.54) is 5.56 Å². The van der Waals surface area contributed by atoms with E-state index in [0.29, 0.717) is 18.7 Å². The first-order valence-corrected chi connectivity index (χ1v) is 11.9. The van der Waals surface area contributed by atoms with Gasteiger partial charge in [0.25, 0.3) is 5.91 Å². The van der Waals surface area contributed by atoms with Gasteiger partial charge in [-0.3, -0.25) is 9.59 Å². The fourth-order valence-electron chi connectivity index (χ4n) is 4.19. The summed E-state index contributed by atoms with van der Waals surface area (Å²) in [6, 6.07) is 17.5. The van der Waals surface area contributed by atoms with Crippen LogP contribution in [0.1, 0.15) is 60.9 Å². The quantitative estimate of drug-likeness (QED) is 0.480. The molecule has 172 valence electrons. The molecule has 1 aliphatic heterocycles. The summed E-state index contributed by atoms with van der Waals surface area (Å²) in [6.45, 7) is 7.31. The van der Waals surface area contributed by atoms with E-state index in [9.17, 15) is 9.59 Å². The molecule has 2 heterocycles. The lowest BCUT2D eigenvalue weighted by molar-refractivity contribution is -0.135. The fraction of sp³-hybridized carbons (Fsp3) is 0.357. The summed E-state index contributed by atoms with van der Waals surface area (Å²) in [5.41, 5.74) is 4.58. The minimum Gasteiger partial charge on any atom is -0.461 e. The molecule has 0 bridgehead atoms. The summed E-state index contributed by atoms with van der Waals surface area (Å²) in [6.07, 6.45) is 4.07. The summed E-state index contributed by atoms with van der Waals surface area (Å²) in [4.78, 5) is 27.0. The molecule has 0 saturated heterocycles. The fourth-order valence-corrected chi connectivity index (χ4v) is 4.19. The van der Waals surface area contributed by atoms with E-state index in [2.05, 4.69) is 12.2 Å². The molecule has 1 N–H and O–H groups in total. The summed E-state index contributed by atoms with van der Waals surface area (Å²) in [5.74, 6) is 1.73. The number of nitrogens with zero attached hydrogens (tertiary/aromatic N) is 1. The van der Waals surface area contributed by atoms with Crippen molar-refractivity contribution in [2.75, 3.05) is 11.9 Å². The molecule has 5 nitrogen and oxygen atoms in total. The van der Waals surface area contributed by atoms with Crippen LogP contribution in [0.15, 0.2) is 59.0 Å². The molecule has 33 heavy (non-hydrogen) atoms. The number of rotatable bonds is 7. The van der Waals surface area contributed by atoms with Crippen LogP contribution in [-0.2, 0) is 24.2 Å². The molecule has 0 spiro atoms. The van der Waals surface area contributed by atoms with E-state index >= 15 is 0 Å². The molecule has 3 aromatic rings. The summed E-state index contributed by atoms with van der Waals surface area (Å²) in [5, 5.41) is 2.99. The van der Waals surface area contributed by atoms with E-state index in [0.717, 1.165) is 54.0 Å². The topological polar surface area (TPSA) is 62.6 Å². The number of fused-ring (bicyclic) bond motifs is 1. The maximum absolute atomic E-state index is 12.7. The molecule has 4 rings (SSSR count). The number of hydrogen-bond acceptors (Lipinski definition) is 3. The largest absolute Gasteiger partial charge is 0.461 e. The van der Waals surface area contributed by atoms with Gasteiger partial charge in [-0.1, -0.05) is 51.5 Å². The highest BCUT2D eigenvalue weighted by molar-refractivity contribution is 6.04. The SMILES string of the molecule is CCCCc1ccc(C(=O)Nc2cccc(-c3cc4c(o3)CCN(C(=O)C(C)C)C4)c2)cc1. The average molecular weight is 445 g/mol. The average Bonchev–Trinajstić information content (AvgIpc) is 3.26. The number of benzene rings is 2. The highest BCUT2D eigenvalue weighted by Gasteiger charge is 2.25. The van der Waals surface area contributed by atoms with Crippen LogP contribution in [0, 0.1) is 5.92 Å². The lowest BCUT2D eigenvalue weighted by Gasteiger charge is -2.27. The van der Waals surface area contributed by atoms with E-state index < -0.39 is 0 Å². The van der Waals surface area contributed by atoms with Crippen LogP contribution >= 0.6 is 0 Å². The van der Waals surface area contributed by atoms with Crippen molar-refractivity contribution >= 4 is 17.5 Å². The molecule has 2 amide bonds. The van der Waals surface area contributed by atoms with E-state index in [1.807, 2.05) is 73.3 Å². The number of hydrogen-bond donors (Lipinski definition) is 1. The van der Waals surface area contributed by atoms with Gasteiger partial charge in [-0.15, -0.1) is 0 Å². The minimum absolute atomic E-state index is 0.00856. The Morgan fingerprint density at radius 2 is 1.88 bits per heavy atom. The van der Waals surface area contributed by atoms with Crippen molar-refractivity contribution in [3.63, 3.8) is 0 Å². The molecular formula is C28H32N2O3. The van der Waals surface area contributed by atoms with Crippen molar-refractivity contribution in [1.82, 2.24) is 4.90 Å².